The summed E-state index contributed by atoms with van der Waals surface area (Å²) in [6.07, 6.45) is 9.48. The van der Waals surface area contributed by atoms with Gasteiger partial charge < -0.3 is 15.4 Å². The van der Waals surface area contributed by atoms with Crippen molar-refractivity contribution in [1.29, 1.82) is 0 Å². The lowest BCUT2D eigenvalue weighted by Crippen LogP contribution is -2.47. The van der Waals surface area contributed by atoms with E-state index in [4.69, 9.17) is 11.2 Å². The lowest BCUT2D eigenvalue weighted by Gasteiger charge is -2.22. The maximum absolute atomic E-state index is 5.78. The molecule has 3 atom stereocenters. The summed E-state index contributed by atoms with van der Waals surface area (Å²) < 4.78 is 5.78. The SMILES string of the molecule is C#CCN=C(NCC)NC1CC2CCC1O2. The highest BCUT2D eigenvalue weighted by atomic mass is 16.5. The van der Waals surface area contributed by atoms with E-state index in [0.29, 0.717) is 24.8 Å². The molecule has 2 aliphatic rings. The molecular weight excluding hydrogens is 202 g/mol. The Labute approximate surface area is 96.8 Å². The zero-order valence-electron chi connectivity index (χ0n) is 9.70. The smallest absolute Gasteiger partial charge is 0.192 e. The number of fused-ring (bicyclic) bond motifs is 2. The van der Waals surface area contributed by atoms with E-state index < -0.39 is 0 Å². The van der Waals surface area contributed by atoms with Crippen LogP contribution < -0.4 is 10.6 Å². The molecule has 2 bridgehead atoms. The van der Waals surface area contributed by atoms with Gasteiger partial charge in [0.25, 0.3) is 0 Å². The Kier molecular flexibility index (Phi) is 3.68. The van der Waals surface area contributed by atoms with Gasteiger partial charge in [-0.2, -0.15) is 0 Å². The second-order valence-corrected chi connectivity index (χ2v) is 4.26. The minimum Gasteiger partial charge on any atom is -0.373 e. The molecule has 88 valence electrons. The number of rotatable bonds is 3. The molecule has 0 aromatic carbocycles. The molecule has 0 aromatic rings. The second kappa shape index (κ2) is 5.22. The minimum absolute atomic E-state index is 0.361. The Morgan fingerprint density at radius 1 is 1.56 bits per heavy atom. The van der Waals surface area contributed by atoms with Gasteiger partial charge in [-0.05, 0) is 26.2 Å². The maximum Gasteiger partial charge on any atom is 0.192 e. The number of hydrogen-bond acceptors (Lipinski definition) is 2. The van der Waals surface area contributed by atoms with E-state index in [-0.39, 0.29) is 0 Å². The van der Waals surface area contributed by atoms with Crippen LogP contribution in [-0.2, 0) is 4.74 Å². The highest BCUT2D eigenvalue weighted by Crippen LogP contribution is 2.34. The number of aliphatic imine (C=N–C) groups is 1. The highest BCUT2D eigenvalue weighted by Gasteiger charge is 2.40. The van der Waals surface area contributed by atoms with E-state index in [1.165, 1.54) is 6.42 Å². The molecule has 0 aliphatic carbocycles. The first kappa shape index (κ1) is 11.3. The van der Waals surface area contributed by atoms with Crippen LogP contribution in [0.25, 0.3) is 0 Å². The molecule has 4 nitrogen and oxygen atoms in total. The lowest BCUT2D eigenvalue weighted by atomic mass is 9.96. The average Bonchev–Trinajstić information content (AvgIpc) is 2.88. The summed E-state index contributed by atoms with van der Waals surface area (Å²) in [5.41, 5.74) is 0. The largest absolute Gasteiger partial charge is 0.373 e. The first-order valence-corrected chi connectivity index (χ1v) is 5.97. The molecule has 2 heterocycles. The fourth-order valence-electron chi connectivity index (χ4n) is 2.41. The van der Waals surface area contributed by atoms with E-state index in [1.807, 2.05) is 6.92 Å². The van der Waals surface area contributed by atoms with E-state index >= 15 is 0 Å². The number of nitrogens with zero attached hydrogens (tertiary/aromatic N) is 1. The van der Waals surface area contributed by atoms with Crippen molar-refractivity contribution >= 4 is 5.96 Å². The fourth-order valence-corrected chi connectivity index (χ4v) is 2.41. The molecule has 2 saturated heterocycles. The van der Waals surface area contributed by atoms with Crippen LogP contribution in [0.1, 0.15) is 26.2 Å². The molecule has 4 heteroatoms. The van der Waals surface area contributed by atoms with Crippen LogP contribution in [-0.4, -0.2) is 37.3 Å². The topological polar surface area (TPSA) is 45.7 Å². The standard InChI is InChI=1S/C12H19N3O/c1-3-7-14-12(13-4-2)15-10-8-9-5-6-11(10)16-9/h1,9-11H,4-8H2,2H3,(H2,13,14,15). The first-order chi connectivity index (χ1) is 7.83. The summed E-state index contributed by atoms with van der Waals surface area (Å²) in [4.78, 5) is 4.28. The summed E-state index contributed by atoms with van der Waals surface area (Å²) in [5, 5.41) is 6.59. The zero-order chi connectivity index (χ0) is 11.4. The third-order valence-corrected chi connectivity index (χ3v) is 3.10. The van der Waals surface area contributed by atoms with Crippen LogP contribution in [0, 0.1) is 12.3 Å². The molecule has 0 aromatic heterocycles. The van der Waals surface area contributed by atoms with Crippen molar-refractivity contribution in [3.8, 4) is 12.3 Å². The van der Waals surface area contributed by atoms with E-state index in [9.17, 15) is 0 Å². The zero-order valence-corrected chi connectivity index (χ0v) is 9.70. The molecule has 0 saturated carbocycles. The highest BCUT2D eigenvalue weighted by molar-refractivity contribution is 5.80. The Balaban J connectivity index is 1.88. The van der Waals surface area contributed by atoms with Gasteiger partial charge in [-0.1, -0.05) is 5.92 Å². The van der Waals surface area contributed by atoms with Gasteiger partial charge in [-0.15, -0.1) is 6.42 Å². The Morgan fingerprint density at radius 3 is 3.00 bits per heavy atom. The third-order valence-electron chi connectivity index (χ3n) is 3.10. The minimum atomic E-state index is 0.361. The van der Waals surface area contributed by atoms with Crippen molar-refractivity contribution in [3.05, 3.63) is 0 Å². The second-order valence-electron chi connectivity index (χ2n) is 4.26. The van der Waals surface area contributed by atoms with Crippen molar-refractivity contribution in [2.45, 2.75) is 44.4 Å². The maximum atomic E-state index is 5.78. The molecule has 0 spiro atoms. The normalized spacial score (nSPS) is 32.5. The summed E-state index contributed by atoms with van der Waals surface area (Å²) in [6, 6.07) is 0.398. The van der Waals surface area contributed by atoms with Gasteiger partial charge in [0.05, 0.1) is 18.2 Å². The average molecular weight is 221 g/mol. The van der Waals surface area contributed by atoms with Crippen molar-refractivity contribution in [2.75, 3.05) is 13.1 Å². The Bertz CT molecular complexity index is 308. The number of nitrogens with one attached hydrogen (secondary N) is 2. The van der Waals surface area contributed by atoms with Gasteiger partial charge >= 0.3 is 0 Å². The number of hydrogen-bond donors (Lipinski definition) is 2. The molecule has 16 heavy (non-hydrogen) atoms. The van der Waals surface area contributed by atoms with Gasteiger partial charge in [0, 0.05) is 6.54 Å². The van der Waals surface area contributed by atoms with Crippen LogP contribution in [0.5, 0.6) is 0 Å². The van der Waals surface area contributed by atoms with Crippen LogP contribution >= 0.6 is 0 Å². The van der Waals surface area contributed by atoms with Gasteiger partial charge in [0.1, 0.15) is 6.54 Å². The first-order valence-electron chi connectivity index (χ1n) is 5.97. The van der Waals surface area contributed by atoms with Gasteiger partial charge in [-0.25, -0.2) is 4.99 Å². The van der Waals surface area contributed by atoms with Crippen molar-refractivity contribution in [3.63, 3.8) is 0 Å². The molecule has 2 fully saturated rings. The molecule has 2 aliphatic heterocycles. The number of terminal acetylenes is 1. The van der Waals surface area contributed by atoms with Crippen LogP contribution in [0.4, 0.5) is 0 Å². The molecular formula is C12H19N3O. The predicted octanol–water partition coefficient (Wildman–Crippen LogP) is 0.495. The summed E-state index contributed by atoms with van der Waals surface area (Å²) in [7, 11) is 0. The Morgan fingerprint density at radius 2 is 2.44 bits per heavy atom. The van der Waals surface area contributed by atoms with Crippen LogP contribution in [0.15, 0.2) is 4.99 Å². The fraction of sp³-hybridized carbons (Fsp3) is 0.750. The summed E-state index contributed by atoms with van der Waals surface area (Å²) in [6.45, 7) is 3.31. The van der Waals surface area contributed by atoms with E-state index in [1.54, 1.807) is 0 Å². The van der Waals surface area contributed by atoms with E-state index in [2.05, 4.69) is 21.5 Å². The Hall–Kier alpha value is -1.21. The van der Waals surface area contributed by atoms with Crippen molar-refractivity contribution in [1.82, 2.24) is 10.6 Å². The van der Waals surface area contributed by atoms with Gasteiger partial charge in [0.15, 0.2) is 5.96 Å². The quantitative estimate of drug-likeness (QED) is 0.414. The number of guanidine groups is 1. The van der Waals surface area contributed by atoms with E-state index in [0.717, 1.165) is 25.3 Å². The molecule has 0 amide bonds. The molecule has 2 N–H and O–H groups in total. The number of ether oxygens (including phenoxy) is 1. The van der Waals surface area contributed by atoms with Crippen LogP contribution in [0.3, 0.4) is 0 Å². The van der Waals surface area contributed by atoms with Gasteiger partial charge in [-0.3, -0.25) is 0 Å². The molecule has 2 rings (SSSR count). The van der Waals surface area contributed by atoms with Gasteiger partial charge in [0.2, 0.25) is 0 Å². The third kappa shape index (κ3) is 2.48. The monoisotopic (exact) mass is 221 g/mol. The summed E-state index contributed by atoms with van der Waals surface area (Å²) in [5.74, 6) is 3.32. The van der Waals surface area contributed by atoms with Crippen molar-refractivity contribution < 1.29 is 4.74 Å². The van der Waals surface area contributed by atoms with Crippen molar-refractivity contribution in [2.24, 2.45) is 4.99 Å². The molecule has 0 radical (unpaired) electrons. The van der Waals surface area contributed by atoms with Crippen LogP contribution in [0.2, 0.25) is 0 Å². The molecule has 3 unspecified atom stereocenters. The summed E-state index contributed by atoms with van der Waals surface area (Å²) >= 11 is 0. The lowest BCUT2D eigenvalue weighted by molar-refractivity contribution is 0.0992. The predicted molar refractivity (Wildman–Crippen MR) is 64.2 cm³/mol.